The average Bonchev–Trinajstić information content (AvgIpc) is 2.81. The highest BCUT2D eigenvalue weighted by Gasteiger charge is 2.23. The second-order valence-electron chi connectivity index (χ2n) is 4.42. The Bertz CT molecular complexity index is 222. The Morgan fingerprint density at radius 2 is 2.19 bits per heavy atom. The second kappa shape index (κ2) is 7.44. The Morgan fingerprint density at radius 3 is 2.75 bits per heavy atom. The van der Waals surface area contributed by atoms with Crippen LogP contribution in [0.3, 0.4) is 0 Å². The molecule has 0 bridgehead atoms. The van der Waals surface area contributed by atoms with Gasteiger partial charge in [0.05, 0.1) is 13.7 Å². The van der Waals surface area contributed by atoms with E-state index in [2.05, 4.69) is 11.5 Å². The van der Waals surface area contributed by atoms with Crippen molar-refractivity contribution in [3.05, 3.63) is 12.7 Å². The zero-order chi connectivity index (χ0) is 11.8. The van der Waals surface area contributed by atoms with Crippen LogP contribution in [0.5, 0.6) is 0 Å². The molecule has 0 atom stereocenters. The highest BCUT2D eigenvalue weighted by molar-refractivity contribution is 5.71. The highest BCUT2D eigenvalue weighted by Crippen LogP contribution is 2.23. The summed E-state index contributed by atoms with van der Waals surface area (Å²) in [6.45, 7) is 5.14. The van der Waals surface area contributed by atoms with E-state index in [1.807, 2.05) is 6.08 Å². The van der Waals surface area contributed by atoms with Crippen LogP contribution in [-0.4, -0.2) is 37.1 Å². The lowest BCUT2D eigenvalue weighted by Gasteiger charge is -2.27. The number of unbranched alkanes of at least 4 members (excludes halogenated alkanes) is 1. The van der Waals surface area contributed by atoms with Crippen molar-refractivity contribution in [3.63, 3.8) is 0 Å². The molecule has 0 radical (unpaired) electrons. The predicted molar refractivity (Wildman–Crippen MR) is 65.3 cm³/mol. The van der Waals surface area contributed by atoms with Crippen molar-refractivity contribution in [1.29, 1.82) is 0 Å². The first-order valence-electron chi connectivity index (χ1n) is 6.19. The highest BCUT2D eigenvalue weighted by atomic mass is 16.5. The van der Waals surface area contributed by atoms with Gasteiger partial charge >= 0.3 is 5.97 Å². The molecule has 0 aromatic heterocycles. The Hall–Kier alpha value is -0.830. The van der Waals surface area contributed by atoms with Gasteiger partial charge in [-0.15, -0.1) is 6.58 Å². The van der Waals surface area contributed by atoms with Crippen LogP contribution in [0.2, 0.25) is 0 Å². The van der Waals surface area contributed by atoms with Crippen LogP contribution in [0.4, 0.5) is 0 Å². The normalized spacial score (nSPS) is 16.6. The number of allylic oxidation sites excluding steroid dienone is 1. The Kier molecular flexibility index (Phi) is 6.16. The smallest absolute Gasteiger partial charge is 0.319 e. The number of carbonyl (C=O) groups excluding carboxylic acids is 1. The minimum absolute atomic E-state index is 0.120. The van der Waals surface area contributed by atoms with Crippen molar-refractivity contribution in [2.24, 2.45) is 0 Å². The number of nitrogens with zero attached hydrogens (tertiary/aromatic N) is 1. The molecular weight excluding hydrogens is 202 g/mol. The van der Waals surface area contributed by atoms with Crippen molar-refractivity contribution < 1.29 is 9.53 Å². The first-order chi connectivity index (χ1) is 7.77. The topological polar surface area (TPSA) is 29.5 Å². The van der Waals surface area contributed by atoms with Gasteiger partial charge in [-0.3, -0.25) is 9.69 Å². The molecule has 1 fully saturated rings. The number of rotatable bonds is 7. The molecule has 0 aromatic rings. The number of ether oxygens (including phenoxy) is 1. The van der Waals surface area contributed by atoms with Gasteiger partial charge in [0, 0.05) is 6.04 Å². The Balaban J connectivity index is 2.39. The second-order valence-corrected chi connectivity index (χ2v) is 4.42. The van der Waals surface area contributed by atoms with Gasteiger partial charge in [-0.05, 0) is 32.2 Å². The van der Waals surface area contributed by atoms with E-state index in [1.54, 1.807) is 0 Å². The van der Waals surface area contributed by atoms with Crippen molar-refractivity contribution >= 4 is 5.97 Å². The molecule has 3 heteroatoms. The van der Waals surface area contributed by atoms with Gasteiger partial charge in [0.15, 0.2) is 0 Å². The zero-order valence-corrected chi connectivity index (χ0v) is 10.3. The maximum atomic E-state index is 11.3. The van der Waals surface area contributed by atoms with E-state index < -0.39 is 0 Å². The third-order valence-corrected chi connectivity index (χ3v) is 3.25. The summed E-state index contributed by atoms with van der Waals surface area (Å²) in [5.41, 5.74) is 0. The summed E-state index contributed by atoms with van der Waals surface area (Å²) in [6.07, 6.45) is 9.08. The first kappa shape index (κ1) is 13.2. The molecule has 0 N–H and O–H groups in total. The Labute approximate surface area is 98.5 Å². The third-order valence-electron chi connectivity index (χ3n) is 3.25. The fourth-order valence-corrected chi connectivity index (χ4v) is 2.33. The van der Waals surface area contributed by atoms with Crippen LogP contribution >= 0.6 is 0 Å². The lowest BCUT2D eigenvalue weighted by molar-refractivity contribution is -0.142. The van der Waals surface area contributed by atoms with Crippen molar-refractivity contribution in [2.45, 2.75) is 44.6 Å². The van der Waals surface area contributed by atoms with E-state index in [1.165, 1.54) is 32.8 Å². The van der Waals surface area contributed by atoms with Gasteiger partial charge in [-0.1, -0.05) is 18.9 Å². The van der Waals surface area contributed by atoms with Gasteiger partial charge in [0.1, 0.15) is 0 Å². The maximum Gasteiger partial charge on any atom is 0.319 e. The predicted octanol–water partition coefficient (Wildman–Crippen LogP) is 2.37. The number of esters is 1. The molecule has 0 aliphatic heterocycles. The van der Waals surface area contributed by atoms with Gasteiger partial charge in [-0.2, -0.15) is 0 Å². The molecule has 0 saturated heterocycles. The monoisotopic (exact) mass is 225 g/mol. The van der Waals surface area contributed by atoms with Crippen molar-refractivity contribution in [1.82, 2.24) is 4.90 Å². The van der Waals surface area contributed by atoms with Crippen LogP contribution in [0.25, 0.3) is 0 Å². The minimum Gasteiger partial charge on any atom is -0.468 e. The van der Waals surface area contributed by atoms with Crippen molar-refractivity contribution in [2.75, 3.05) is 20.2 Å². The summed E-state index contributed by atoms with van der Waals surface area (Å²) in [4.78, 5) is 13.6. The quantitative estimate of drug-likeness (QED) is 0.378. The molecule has 0 unspecified atom stereocenters. The lowest BCUT2D eigenvalue weighted by Crippen LogP contribution is -2.38. The van der Waals surface area contributed by atoms with E-state index >= 15 is 0 Å². The number of hydrogen-bond acceptors (Lipinski definition) is 3. The van der Waals surface area contributed by atoms with Gasteiger partial charge in [-0.25, -0.2) is 0 Å². The van der Waals surface area contributed by atoms with E-state index in [0.29, 0.717) is 12.6 Å². The van der Waals surface area contributed by atoms with Gasteiger partial charge in [0.25, 0.3) is 0 Å². The van der Waals surface area contributed by atoms with Crippen LogP contribution in [0.15, 0.2) is 12.7 Å². The summed E-state index contributed by atoms with van der Waals surface area (Å²) in [7, 11) is 1.46. The van der Waals surface area contributed by atoms with E-state index in [9.17, 15) is 4.79 Å². The molecule has 0 heterocycles. The molecule has 1 aliphatic carbocycles. The average molecular weight is 225 g/mol. The van der Waals surface area contributed by atoms with Crippen LogP contribution < -0.4 is 0 Å². The number of carbonyl (C=O) groups is 1. The molecule has 3 nitrogen and oxygen atoms in total. The summed E-state index contributed by atoms with van der Waals surface area (Å²) < 4.78 is 4.75. The van der Waals surface area contributed by atoms with Gasteiger partial charge in [0.2, 0.25) is 0 Å². The summed E-state index contributed by atoms with van der Waals surface area (Å²) >= 11 is 0. The van der Waals surface area contributed by atoms with Crippen LogP contribution in [0, 0.1) is 0 Å². The molecular formula is C13H23NO2. The molecule has 0 spiro atoms. The van der Waals surface area contributed by atoms with E-state index in [4.69, 9.17) is 4.74 Å². The van der Waals surface area contributed by atoms with Crippen LogP contribution in [-0.2, 0) is 9.53 Å². The SMILES string of the molecule is C=CCCCN(CC(=O)OC)C1CCCC1. The molecule has 1 rings (SSSR count). The summed E-state index contributed by atoms with van der Waals surface area (Å²) in [5, 5.41) is 0. The molecule has 0 aromatic carbocycles. The fourth-order valence-electron chi connectivity index (χ4n) is 2.33. The molecule has 1 aliphatic rings. The first-order valence-corrected chi connectivity index (χ1v) is 6.19. The summed E-state index contributed by atoms with van der Waals surface area (Å²) in [5.74, 6) is -0.120. The van der Waals surface area contributed by atoms with E-state index in [0.717, 1.165) is 19.4 Å². The summed E-state index contributed by atoms with van der Waals surface area (Å²) in [6, 6.07) is 0.587. The van der Waals surface area contributed by atoms with Crippen LogP contribution in [0.1, 0.15) is 38.5 Å². The lowest BCUT2D eigenvalue weighted by atomic mass is 10.2. The number of hydrogen-bond donors (Lipinski definition) is 0. The molecule has 16 heavy (non-hydrogen) atoms. The molecule has 92 valence electrons. The maximum absolute atomic E-state index is 11.3. The Morgan fingerprint density at radius 1 is 1.50 bits per heavy atom. The van der Waals surface area contributed by atoms with Crippen molar-refractivity contribution in [3.8, 4) is 0 Å². The largest absolute Gasteiger partial charge is 0.468 e. The third kappa shape index (κ3) is 4.35. The minimum atomic E-state index is -0.120. The standard InChI is InChI=1S/C13H23NO2/c1-3-4-7-10-14(11-13(15)16-2)12-8-5-6-9-12/h3,12H,1,4-11H2,2H3. The van der Waals surface area contributed by atoms with Gasteiger partial charge < -0.3 is 4.74 Å². The molecule has 1 saturated carbocycles. The zero-order valence-electron chi connectivity index (χ0n) is 10.3. The molecule has 0 amide bonds. The fraction of sp³-hybridized carbons (Fsp3) is 0.769. The number of methoxy groups -OCH3 is 1. The van der Waals surface area contributed by atoms with E-state index in [-0.39, 0.29) is 5.97 Å².